The molecule has 2 aromatic heterocycles. The molecule has 1 unspecified atom stereocenters. The molecule has 0 spiro atoms. The van der Waals surface area contributed by atoms with Crippen molar-refractivity contribution in [1.29, 1.82) is 5.26 Å². The van der Waals surface area contributed by atoms with Gasteiger partial charge in [0.2, 0.25) is 17.7 Å². The summed E-state index contributed by atoms with van der Waals surface area (Å²) in [6.45, 7) is 4.33. The molecule has 2 aromatic carbocycles. The highest BCUT2D eigenvalue weighted by atomic mass is 32.1. The van der Waals surface area contributed by atoms with E-state index in [9.17, 15) is 4.79 Å². The van der Waals surface area contributed by atoms with Gasteiger partial charge in [0, 0.05) is 5.56 Å². The number of nitriles is 1. The van der Waals surface area contributed by atoms with Crippen LogP contribution in [0.3, 0.4) is 0 Å². The van der Waals surface area contributed by atoms with E-state index < -0.39 is 5.54 Å². The van der Waals surface area contributed by atoms with Crippen LogP contribution in [0.5, 0.6) is 0 Å². The number of amides is 1. The highest BCUT2D eigenvalue weighted by Gasteiger charge is 2.44. The second-order valence-electron chi connectivity index (χ2n) is 9.00. The van der Waals surface area contributed by atoms with Gasteiger partial charge in [0.25, 0.3) is 0 Å². The Hall–Kier alpha value is -3.64. The van der Waals surface area contributed by atoms with Crippen molar-refractivity contribution in [3.05, 3.63) is 64.6 Å². The Bertz CT molecular complexity index is 1430. The summed E-state index contributed by atoms with van der Waals surface area (Å²) in [4.78, 5) is 16.6. The third kappa shape index (κ3) is 4.80. The normalized spacial score (nSPS) is 15.0. The van der Waals surface area contributed by atoms with Crippen LogP contribution in [0.15, 0.2) is 40.8 Å². The zero-order valence-corrected chi connectivity index (χ0v) is 20.3. The zero-order chi connectivity index (χ0) is 24.6. The molecule has 0 saturated heterocycles. The minimum absolute atomic E-state index is 0.0932. The van der Waals surface area contributed by atoms with Gasteiger partial charge in [-0.05, 0) is 48.4 Å². The number of fused-ring (bicyclic) bond motifs is 1. The van der Waals surface area contributed by atoms with Crippen molar-refractivity contribution in [3.63, 3.8) is 0 Å². The average Bonchev–Trinajstić information content (AvgIpc) is 3.28. The van der Waals surface area contributed by atoms with Crippen LogP contribution < -0.4 is 5.32 Å². The third-order valence-electron chi connectivity index (χ3n) is 6.41. The topological polar surface area (TPSA) is 105 Å². The third-order valence-corrected chi connectivity index (χ3v) is 7.47. The lowest BCUT2D eigenvalue weighted by Crippen LogP contribution is -2.36. The molecule has 1 N–H and O–H groups in total. The summed E-state index contributed by atoms with van der Waals surface area (Å²) in [5, 5.41) is 20.4. The number of hydrogen-bond donors (Lipinski definition) is 1. The molecule has 35 heavy (non-hydrogen) atoms. The zero-order valence-electron chi connectivity index (χ0n) is 19.5. The maximum atomic E-state index is 15.4. The Kier molecular flexibility index (Phi) is 6.07. The van der Waals surface area contributed by atoms with Gasteiger partial charge in [0.05, 0.1) is 22.7 Å². The Morgan fingerprint density at radius 2 is 1.97 bits per heavy atom. The molecular formula is C26H24FN5O2S. The van der Waals surface area contributed by atoms with Gasteiger partial charge in [0.1, 0.15) is 22.8 Å². The number of halogens is 1. The van der Waals surface area contributed by atoms with Gasteiger partial charge in [-0.2, -0.15) is 5.26 Å². The minimum atomic E-state index is -0.736. The fourth-order valence-corrected chi connectivity index (χ4v) is 4.92. The molecule has 1 aliphatic carbocycles. The fourth-order valence-electron chi connectivity index (χ4n) is 3.93. The van der Waals surface area contributed by atoms with Gasteiger partial charge >= 0.3 is 0 Å². The van der Waals surface area contributed by atoms with Crippen molar-refractivity contribution in [1.82, 2.24) is 20.5 Å². The van der Waals surface area contributed by atoms with E-state index in [4.69, 9.17) is 9.68 Å². The summed E-state index contributed by atoms with van der Waals surface area (Å²) >= 11 is 1.25. The van der Waals surface area contributed by atoms with E-state index in [2.05, 4.69) is 52.5 Å². The molecule has 5 rings (SSSR count). The molecule has 0 radical (unpaired) electrons. The summed E-state index contributed by atoms with van der Waals surface area (Å²) in [6.07, 6.45) is 2.52. The molecule has 178 valence electrons. The number of benzene rings is 2. The Morgan fingerprint density at radius 1 is 1.23 bits per heavy atom. The SMILES string of the molecule is CCC(C)c1ccc(-c2ccc3nc(Cc4nnc(CC(=O)NC5(C#N)CC5)o4)sc3c2F)cc1. The average molecular weight is 490 g/mol. The number of rotatable bonds is 8. The molecule has 1 atom stereocenters. The maximum Gasteiger partial charge on any atom is 0.230 e. The first-order chi connectivity index (χ1) is 16.9. The van der Waals surface area contributed by atoms with Gasteiger partial charge in [0.15, 0.2) is 0 Å². The molecule has 9 heteroatoms. The molecular weight excluding hydrogens is 465 g/mol. The summed E-state index contributed by atoms with van der Waals surface area (Å²) in [5.74, 6) is 0.312. The molecule has 1 aliphatic rings. The van der Waals surface area contributed by atoms with Crippen LogP contribution in [0.4, 0.5) is 4.39 Å². The largest absolute Gasteiger partial charge is 0.424 e. The van der Waals surface area contributed by atoms with Crippen LogP contribution in [0.1, 0.15) is 61.4 Å². The van der Waals surface area contributed by atoms with Crippen molar-refractivity contribution >= 4 is 27.5 Å². The summed E-state index contributed by atoms with van der Waals surface area (Å²) in [7, 11) is 0. The van der Waals surface area contributed by atoms with Crippen molar-refractivity contribution < 1.29 is 13.6 Å². The number of hydrogen-bond acceptors (Lipinski definition) is 7. The van der Waals surface area contributed by atoms with E-state index >= 15 is 4.39 Å². The van der Waals surface area contributed by atoms with E-state index in [-0.39, 0.29) is 30.5 Å². The first-order valence-electron chi connectivity index (χ1n) is 11.6. The lowest BCUT2D eigenvalue weighted by atomic mass is 9.96. The molecule has 1 saturated carbocycles. The molecule has 1 amide bonds. The number of aromatic nitrogens is 3. The summed E-state index contributed by atoms with van der Waals surface area (Å²) < 4.78 is 21.5. The monoisotopic (exact) mass is 489 g/mol. The Balaban J connectivity index is 1.30. The minimum Gasteiger partial charge on any atom is -0.424 e. The number of nitrogens with zero attached hydrogens (tertiary/aromatic N) is 4. The lowest BCUT2D eigenvalue weighted by Gasteiger charge is -2.10. The van der Waals surface area contributed by atoms with Gasteiger partial charge in [-0.25, -0.2) is 9.37 Å². The maximum absolute atomic E-state index is 15.4. The van der Waals surface area contributed by atoms with Crippen LogP contribution in [0.25, 0.3) is 21.3 Å². The van der Waals surface area contributed by atoms with E-state index in [0.29, 0.717) is 45.4 Å². The Morgan fingerprint density at radius 3 is 2.66 bits per heavy atom. The van der Waals surface area contributed by atoms with Crippen molar-refractivity contribution in [2.24, 2.45) is 0 Å². The summed E-state index contributed by atoms with van der Waals surface area (Å²) in [6, 6.07) is 13.7. The lowest BCUT2D eigenvalue weighted by molar-refractivity contribution is -0.121. The van der Waals surface area contributed by atoms with E-state index in [1.165, 1.54) is 16.9 Å². The highest BCUT2D eigenvalue weighted by molar-refractivity contribution is 7.18. The van der Waals surface area contributed by atoms with E-state index in [0.717, 1.165) is 12.0 Å². The van der Waals surface area contributed by atoms with Crippen LogP contribution in [-0.2, 0) is 17.6 Å². The molecule has 0 aliphatic heterocycles. The molecule has 2 heterocycles. The fraction of sp³-hybridized carbons (Fsp3) is 0.346. The summed E-state index contributed by atoms with van der Waals surface area (Å²) in [5.41, 5.74) is 2.45. The van der Waals surface area contributed by atoms with Gasteiger partial charge in [-0.1, -0.05) is 38.1 Å². The molecule has 1 fully saturated rings. The number of nitrogens with one attached hydrogen (secondary N) is 1. The number of thiazole rings is 1. The number of carbonyl (C=O) groups is 1. The van der Waals surface area contributed by atoms with E-state index in [1.807, 2.05) is 18.2 Å². The van der Waals surface area contributed by atoms with Crippen LogP contribution in [0, 0.1) is 17.1 Å². The second kappa shape index (κ2) is 9.19. The molecule has 4 aromatic rings. The van der Waals surface area contributed by atoms with Crippen LogP contribution >= 0.6 is 11.3 Å². The second-order valence-corrected chi connectivity index (χ2v) is 10.1. The Labute approximate surface area is 206 Å². The van der Waals surface area contributed by atoms with Gasteiger partial charge in [-0.3, -0.25) is 4.79 Å². The predicted molar refractivity (Wildman–Crippen MR) is 130 cm³/mol. The van der Waals surface area contributed by atoms with Crippen molar-refractivity contribution in [3.8, 4) is 17.2 Å². The number of carbonyl (C=O) groups excluding carboxylic acids is 1. The van der Waals surface area contributed by atoms with Crippen LogP contribution in [-0.4, -0.2) is 26.6 Å². The predicted octanol–water partition coefficient (Wildman–Crippen LogP) is 5.30. The molecule has 0 bridgehead atoms. The first kappa shape index (κ1) is 23.1. The smallest absolute Gasteiger partial charge is 0.230 e. The quantitative estimate of drug-likeness (QED) is 0.360. The van der Waals surface area contributed by atoms with Gasteiger partial charge < -0.3 is 9.73 Å². The van der Waals surface area contributed by atoms with E-state index in [1.54, 1.807) is 6.07 Å². The first-order valence-corrected chi connectivity index (χ1v) is 12.4. The highest BCUT2D eigenvalue weighted by Crippen LogP contribution is 2.35. The van der Waals surface area contributed by atoms with Crippen molar-refractivity contribution in [2.75, 3.05) is 0 Å². The van der Waals surface area contributed by atoms with Crippen LogP contribution in [0.2, 0.25) is 0 Å². The van der Waals surface area contributed by atoms with Crippen molar-refractivity contribution in [2.45, 2.75) is 57.4 Å². The standard InChI is InChI=1S/C26H24FN5O2S/c1-3-15(2)16-4-6-17(7-5-16)18-8-9-19-25(24(18)27)35-23(29-19)13-22-32-31-21(34-22)12-20(33)30-26(14-28)10-11-26/h4-9,15H,3,10-13H2,1-2H3,(H,30,33). The molecule has 7 nitrogen and oxygen atoms in total. The van der Waals surface area contributed by atoms with Gasteiger partial charge in [-0.15, -0.1) is 21.5 Å².